The second-order valence-corrected chi connectivity index (χ2v) is 6.39. The molecule has 2 aromatic rings. The van der Waals surface area contributed by atoms with Gasteiger partial charge >= 0.3 is 0 Å². The normalized spacial score (nSPS) is 13.5. The molecule has 1 N–H and O–H groups in total. The molecule has 0 saturated carbocycles. The molecule has 3 nitrogen and oxygen atoms in total. The maximum atomic E-state index is 5.96. The standard InChI is InChI=1S/C18H26N2O/c1-5-10-19-17(13-21-18(2,3)4)15-11-14-8-6-7-9-16(14)20-12-15/h6-9,11-12,17,19H,5,10,13H2,1-4H3. The quantitative estimate of drug-likeness (QED) is 0.868. The van der Waals surface area contributed by atoms with Gasteiger partial charge in [-0.3, -0.25) is 4.98 Å². The Bertz CT molecular complexity index is 575. The van der Waals surface area contributed by atoms with Crippen LogP contribution >= 0.6 is 0 Å². The molecule has 1 aromatic heterocycles. The van der Waals surface area contributed by atoms with Crippen molar-refractivity contribution in [2.75, 3.05) is 13.2 Å². The molecule has 0 bridgehead atoms. The highest BCUT2D eigenvalue weighted by molar-refractivity contribution is 5.78. The molecule has 1 unspecified atom stereocenters. The van der Waals surface area contributed by atoms with E-state index in [2.05, 4.69) is 50.1 Å². The lowest BCUT2D eigenvalue weighted by molar-refractivity contribution is -0.0148. The molecule has 1 heterocycles. The van der Waals surface area contributed by atoms with E-state index in [1.165, 1.54) is 10.9 Å². The number of hydrogen-bond acceptors (Lipinski definition) is 3. The molecule has 0 fully saturated rings. The summed E-state index contributed by atoms with van der Waals surface area (Å²) in [5, 5.41) is 4.73. The van der Waals surface area contributed by atoms with Gasteiger partial charge < -0.3 is 10.1 Å². The molecule has 0 spiro atoms. The Morgan fingerprint density at radius 1 is 1.24 bits per heavy atom. The number of para-hydroxylation sites is 1. The van der Waals surface area contributed by atoms with Crippen LogP contribution in [0.25, 0.3) is 10.9 Å². The Kier molecular flexibility index (Phi) is 5.32. The number of ether oxygens (including phenoxy) is 1. The zero-order chi connectivity index (χ0) is 15.3. The minimum absolute atomic E-state index is 0.129. The molecular formula is C18H26N2O. The van der Waals surface area contributed by atoms with Crippen LogP contribution in [0.4, 0.5) is 0 Å². The topological polar surface area (TPSA) is 34.1 Å². The van der Waals surface area contributed by atoms with Crippen molar-refractivity contribution in [1.29, 1.82) is 0 Å². The Morgan fingerprint density at radius 3 is 2.71 bits per heavy atom. The van der Waals surface area contributed by atoms with Gasteiger partial charge in [0.15, 0.2) is 0 Å². The lowest BCUT2D eigenvalue weighted by Crippen LogP contribution is -2.30. The zero-order valence-corrected chi connectivity index (χ0v) is 13.5. The van der Waals surface area contributed by atoms with E-state index in [9.17, 15) is 0 Å². The maximum absolute atomic E-state index is 5.96. The van der Waals surface area contributed by atoms with E-state index in [1.807, 2.05) is 24.4 Å². The average molecular weight is 286 g/mol. The number of aromatic nitrogens is 1. The van der Waals surface area contributed by atoms with Crippen molar-refractivity contribution in [3.8, 4) is 0 Å². The summed E-state index contributed by atoms with van der Waals surface area (Å²) in [5.41, 5.74) is 2.09. The third kappa shape index (κ3) is 4.80. The zero-order valence-electron chi connectivity index (χ0n) is 13.5. The van der Waals surface area contributed by atoms with Crippen molar-refractivity contribution in [2.24, 2.45) is 0 Å². The molecule has 2 rings (SSSR count). The van der Waals surface area contributed by atoms with E-state index in [0.29, 0.717) is 6.61 Å². The molecule has 1 aromatic carbocycles. The van der Waals surface area contributed by atoms with Crippen molar-refractivity contribution < 1.29 is 4.74 Å². The summed E-state index contributed by atoms with van der Waals surface area (Å²) < 4.78 is 5.96. The summed E-state index contributed by atoms with van der Waals surface area (Å²) in [5.74, 6) is 0. The van der Waals surface area contributed by atoms with Gasteiger partial charge in [0.25, 0.3) is 0 Å². The summed E-state index contributed by atoms with van der Waals surface area (Å²) in [6.45, 7) is 10.1. The van der Waals surface area contributed by atoms with Gasteiger partial charge in [-0.2, -0.15) is 0 Å². The van der Waals surface area contributed by atoms with Crippen molar-refractivity contribution in [2.45, 2.75) is 45.8 Å². The minimum Gasteiger partial charge on any atom is -0.374 e. The highest BCUT2D eigenvalue weighted by atomic mass is 16.5. The number of nitrogens with one attached hydrogen (secondary N) is 1. The van der Waals surface area contributed by atoms with Gasteiger partial charge in [-0.05, 0) is 51.4 Å². The van der Waals surface area contributed by atoms with E-state index in [-0.39, 0.29) is 11.6 Å². The SMILES string of the molecule is CCCNC(COC(C)(C)C)c1cnc2ccccc2c1. The van der Waals surface area contributed by atoms with E-state index in [4.69, 9.17) is 4.74 Å². The molecule has 3 heteroatoms. The van der Waals surface area contributed by atoms with Crippen LogP contribution in [0, 0.1) is 0 Å². The number of nitrogens with zero attached hydrogens (tertiary/aromatic N) is 1. The third-order valence-corrected chi connectivity index (χ3v) is 3.34. The fourth-order valence-corrected chi connectivity index (χ4v) is 2.20. The van der Waals surface area contributed by atoms with Crippen molar-refractivity contribution >= 4 is 10.9 Å². The molecule has 0 saturated heterocycles. The second-order valence-electron chi connectivity index (χ2n) is 6.39. The third-order valence-electron chi connectivity index (χ3n) is 3.34. The van der Waals surface area contributed by atoms with Crippen molar-refractivity contribution in [1.82, 2.24) is 10.3 Å². The predicted octanol–water partition coefficient (Wildman–Crippen LogP) is 4.09. The van der Waals surface area contributed by atoms with Crippen LogP contribution in [-0.2, 0) is 4.74 Å². The fourth-order valence-electron chi connectivity index (χ4n) is 2.20. The Hall–Kier alpha value is -1.45. The van der Waals surface area contributed by atoms with Gasteiger partial charge in [0.2, 0.25) is 0 Å². The maximum Gasteiger partial charge on any atom is 0.0702 e. The second kappa shape index (κ2) is 7.01. The van der Waals surface area contributed by atoms with Crippen molar-refractivity contribution in [3.05, 3.63) is 42.1 Å². The molecular weight excluding hydrogens is 260 g/mol. The first-order valence-corrected chi connectivity index (χ1v) is 7.71. The Balaban J connectivity index is 2.20. The monoisotopic (exact) mass is 286 g/mol. The number of hydrogen-bond donors (Lipinski definition) is 1. The van der Waals surface area contributed by atoms with Crippen LogP contribution in [0.3, 0.4) is 0 Å². The summed E-state index contributed by atoms with van der Waals surface area (Å²) in [7, 11) is 0. The van der Waals surface area contributed by atoms with Crippen molar-refractivity contribution in [3.63, 3.8) is 0 Å². The fraction of sp³-hybridized carbons (Fsp3) is 0.500. The molecule has 0 aliphatic heterocycles. The van der Waals surface area contributed by atoms with E-state index >= 15 is 0 Å². The predicted molar refractivity (Wildman–Crippen MR) is 88.5 cm³/mol. The van der Waals surface area contributed by atoms with E-state index < -0.39 is 0 Å². The first-order chi connectivity index (χ1) is 9.99. The molecule has 0 aliphatic carbocycles. The van der Waals surface area contributed by atoms with Gasteiger partial charge in [0.1, 0.15) is 0 Å². The van der Waals surface area contributed by atoms with E-state index in [0.717, 1.165) is 18.5 Å². The molecule has 114 valence electrons. The van der Waals surface area contributed by atoms with Gasteiger partial charge in [0.05, 0.1) is 23.8 Å². The Labute approximate surface area is 127 Å². The first kappa shape index (κ1) is 15.9. The first-order valence-electron chi connectivity index (χ1n) is 7.71. The highest BCUT2D eigenvalue weighted by Gasteiger charge is 2.17. The van der Waals surface area contributed by atoms with Crippen LogP contribution in [-0.4, -0.2) is 23.7 Å². The van der Waals surface area contributed by atoms with Gasteiger partial charge in [-0.15, -0.1) is 0 Å². The largest absolute Gasteiger partial charge is 0.374 e. The highest BCUT2D eigenvalue weighted by Crippen LogP contribution is 2.20. The summed E-state index contributed by atoms with van der Waals surface area (Å²) in [6, 6.07) is 10.6. The number of benzene rings is 1. The van der Waals surface area contributed by atoms with Crippen LogP contribution in [0.15, 0.2) is 36.5 Å². The molecule has 1 atom stereocenters. The summed E-state index contributed by atoms with van der Waals surface area (Å²) in [4.78, 5) is 4.56. The van der Waals surface area contributed by atoms with Crippen LogP contribution in [0.2, 0.25) is 0 Å². The van der Waals surface area contributed by atoms with Crippen LogP contribution < -0.4 is 5.32 Å². The van der Waals surface area contributed by atoms with Gasteiger partial charge in [0, 0.05) is 11.6 Å². The average Bonchev–Trinajstić information content (AvgIpc) is 2.46. The number of pyridine rings is 1. The molecule has 0 amide bonds. The molecule has 0 radical (unpaired) electrons. The molecule has 21 heavy (non-hydrogen) atoms. The van der Waals surface area contributed by atoms with Crippen LogP contribution in [0.1, 0.15) is 45.7 Å². The van der Waals surface area contributed by atoms with Crippen LogP contribution in [0.5, 0.6) is 0 Å². The number of fused-ring (bicyclic) bond motifs is 1. The number of rotatable bonds is 6. The molecule has 0 aliphatic rings. The smallest absolute Gasteiger partial charge is 0.0702 e. The summed E-state index contributed by atoms with van der Waals surface area (Å²) in [6.07, 6.45) is 3.06. The van der Waals surface area contributed by atoms with Gasteiger partial charge in [-0.1, -0.05) is 25.1 Å². The Morgan fingerprint density at radius 2 is 2.00 bits per heavy atom. The lowest BCUT2D eigenvalue weighted by Gasteiger charge is -2.25. The van der Waals surface area contributed by atoms with Gasteiger partial charge in [-0.25, -0.2) is 0 Å². The lowest BCUT2D eigenvalue weighted by atomic mass is 10.1. The minimum atomic E-state index is -0.129. The van der Waals surface area contributed by atoms with E-state index in [1.54, 1.807) is 0 Å². The summed E-state index contributed by atoms with van der Waals surface area (Å²) >= 11 is 0.